The minimum absolute atomic E-state index is 0.0831. The average Bonchev–Trinajstić information content (AvgIpc) is 3.75. The van der Waals surface area contributed by atoms with Crippen molar-refractivity contribution in [2.45, 2.75) is 31.6 Å². The zero-order valence-corrected chi connectivity index (χ0v) is 25.0. The molecule has 11 nitrogen and oxygen atoms in total. The van der Waals surface area contributed by atoms with Gasteiger partial charge in [-0.3, -0.25) is 19.3 Å². The molecule has 2 aromatic carbocycles. The lowest BCUT2D eigenvalue weighted by molar-refractivity contribution is 0.0806. The second kappa shape index (κ2) is 8.36. The van der Waals surface area contributed by atoms with Gasteiger partial charge in [0.2, 0.25) is 5.78 Å². The Labute approximate surface area is 262 Å². The van der Waals surface area contributed by atoms with E-state index >= 15 is 0 Å². The quantitative estimate of drug-likeness (QED) is 0.234. The molecule has 0 bridgehead atoms. The van der Waals surface area contributed by atoms with E-state index in [9.17, 15) is 19.2 Å². The first-order valence-corrected chi connectivity index (χ1v) is 15.7. The molecule has 11 heteroatoms. The van der Waals surface area contributed by atoms with Crippen LogP contribution >= 0.6 is 0 Å². The molecule has 5 aliphatic rings. The maximum absolute atomic E-state index is 14.0. The van der Waals surface area contributed by atoms with Crippen molar-refractivity contribution in [2.24, 2.45) is 11.7 Å². The number of anilines is 2. The van der Waals surface area contributed by atoms with Crippen LogP contribution in [-0.4, -0.2) is 63.1 Å². The van der Waals surface area contributed by atoms with Crippen molar-refractivity contribution in [1.82, 2.24) is 19.9 Å². The molecule has 46 heavy (non-hydrogen) atoms. The summed E-state index contributed by atoms with van der Waals surface area (Å²) in [7, 11) is 0. The van der Waals surface area contributed by atoms with Crippen LogP contribution in [0.15, 0.2) is 54.4 Å². The molecule has 4 amide bonds. The number of nitrogens with two attached hydrogens (primary N) is 1. The highest BCUT2D eigenvalue weighted by Crippen LogP contribution is 2.67. The molecular weight excluding hydrogens is 582 g/mol. The number of hydrogen-bond acceptors (Lipinski definition) is 4. The van der Waals surface area contributed by atoms with Crippen molar-refractivity contribution in [1.29, 1.82) is 0 Å². The summed E-state index contributed by atoms with van der Waals surface area (Å²) in [5.41, 5.74) is 15.2. The maximum atomic E-state index is 14.0. The molecule has 1 spiro atoms. The number of fused-ring (bicyclic) bond motifs is 7. The number of aromatic nitrogens is 3. The number of benzene rings is 2. The van der Waals surface area contributed by atoms with Crippen LogP contribution in [0.4, 0.5) is 16.2 Å². The van der Waals surface area contributed by atoms with Crippen LogP contribution in [0.1, 0.15) is 60.1 Å². The van der Waals surface area contributed by atoms with Gasteiger partial charge in [-0.2, -0.15) is 0 Å². The Morgan fingerprint density at radius 1 is 0.870 bits per heavy atom. The van der Waals surface area contributed by atoms with Crippen molar-refractivity contribution in [2.75, 3.05) is 29.4 Å². The van der Waals surface area contributed by atoms with Crippen LogP contribution in [-0.2, 0) is 18.3 Å². The summed E-state index contributed by atoms with van der Waals surface area (Å²) in [6, 6.07) is 10.9. The Hall–Kier alpha value is -5.58. The minimum Gasteiger partial charge on any atom is -0.358 e. The fourth-order valence-corrected chi connectivity index (χ4v) is 8.93. The van der Waals surface area contributed by atoms with E-state index < -0.39 is 6.03 Å². The Morgan fingerprint density at radius 2 is 1.48 bits per heavy atom. The number of rotatable bonds is 2. The maximum Gasteiger partial charge on any atom is 0.319 e. The van der Waals surface area contributed by atoms with E-state index in [1.807, 2.05) is 49.5 Å². The highest BCUT2D eigenvalue weighted by Gasteiger charge is 2.68. The number of likely N-dealkylation sites (tertiary alicyclic amines) is 1. The number of nitrogens with one attached hydrogen (secondary N) is 3. The second-order valence-electron chi connectivity index (χ2n) is 13.3. The number of carbonyl (C=O) groups is 4. The van der Waals surface area contributed by atoms with Gasteiger partial charge in [0.05, 0.1) is 5.69 Å². The van der Waals surface area contributed by atoms with Crippen molar-refractivity contribution in [3.63, 3.8) is 0 Å². The lowest BCUT2D eigenvalue weighted by atomic mass is 9.83. The normalized spacial score (nSPS) is 22.2. The molecule has 228 valence electrons. The summed E-state index contributed by atoms with van der Waals surface area (Å²) in [6.45, 7) is 3.66. The van der Waals surface area contributed by atoms with Crippen molar-refractivity contribution in [3.8, 4) is 0 Å². The van der Waals surface area contributed by atoms with Gasteiger partial charge in [-0.1, -0.05) is 0 Å². The number of piperidine rings is 1. The molecule has 3 aromatic heterocycles. The zero-order valence-electron chi connectivity index (χ0n) is 25.0. The first-order chi connectivity index (χ1) is 22.2. The number of aryl methyl sites for hydroxylation is 1. The number of primary amides is 1. The minimum atomic E-state index is -0.480. The predicted molar refractivity (Wildman–Crippen MR) is 171 cm³/mol. The fraction of sp³-hybridized carbons (Fsp3) is 0.257. The molecule has 5 aromatic rings. The van der Waals surface area contributed by atoms with Crippen LogP contribution in [0.5, 0.6) is 0 Å². The van der Waals surface area contributed by atoms with Gasteiger partial charge in [-0.05, 0) is 90.8 Å². The van der Waals surface area contributed by atoms with E-state index in [-0.39, 0.29) is 23.0 Å². The van der Waals surface area contributed by atoms with E-state index in [1.165, 1.54) is 0 Å². The van der Waals surface area contributed by atoms with Crippen molar-refractivity contribution < 1.29 is 19.2 Å². The molecule has 0 unspecified atom stereocenters. The largest absolute Gasteiger partial charge is 0.358 e. The molecule has 10 rings (SSSR count). The monoisotopic (exact) mass is 611 g/mol. The third kappa shape index (κ3) is 3.07. The number of urea groups is 1. The first-order valence-electron chi connectivity index (χ1n) is 15.7. The van der Waals surface area contributed by atoms with Gasteiger partial charge in [0.1, 0.15) is 11.4 Å². The lowest BCUT2D eigenvalue weighted by Crippen LogP contribution is -2.34. The van der Waals surface area contributed by atoms with Crippen LogP contribution in [0.2, 0.25) is 0 Å². The van der Waals surface area contributed by atoms with Gasteiger partial charge in [0, 0.05) is 76.2 Å². The molecule has 0 radical (unpaired) electrons. The summed E-state index contributed by atoms with van der Waals surface area (Å²) in [6.07, 6.45) is 5.84. The second-order valence-corrected chi connectivity index (χ2v) is 13.3. The number of allylic oxidation sites excluding steroid dienone is 2. The standard InChI is InChI=1S/C35H29N7O4/c1-16-14-37-31-28(43)12-29-35(30(16)31)13-17(35)15-42(29)33(45)25-11-20-18-6-8-40(26(18)4-2-22(20)39-25)32(44)24-10-21-19-7-9-41(34(36)46)27(19)5-3-23(21)38-24/h2-5,10-12,14,17,37-39H,6-9,13,15H2,1H3,(H2,36,46)/t17-,35+/m1/s1. The summed E-state index contributed by atoms with van der Waals surface area (Å²) in [4.78, 5) is 67.6. The third-order valence-electron chi connectivity index (χ3n) is 11.0. The molecule has 1 saturated carbocycles. The van der Waals surface area contributed by atoms with Gasteiger partial charge in [0.15, 0.2) is 0 Å². The molecule has 5 N–H and O–H groups in total. The summed E-state index contributed by atoms with van der Waals surface area (Å²) in [5, 5.41) is 1.85. The summed E-state index contributed by atoms with van der Waals surface area (Å²) in [5.74, 6) is -0.0430. The predicted octanol–water partition coefficient (Wildman–Crippen LogP) is 4.42. The Morgan fingerprint density at radius 3 is 2.13 bits per heavy atom. The van der Waals surface area contributed by atoms with E-state index in [0.29, 0.717) is 55.5 Å². The third-order valence-corrected chi connectivity index (χ3v) is 11.0. The molecule has 2 fully saturated rings. The molecule has 6 heterocycles. The van der Waals surface area contributed by atoms with Crippen molar-refractivity contribution in [3.05, 3.63) is 93.7 Å². The zero-order chi connectivity index (χ0) is 31.2. The molecular formula is C35H29N7O4. The average molecular weight is 612 g/mol. The van der Waals surface area contributed by atoms with Crippen LogP contribution in [0.3, 0.4) is 0 Å². The molecule has 1 saturated heterocycles. The first kappa shape index (κ1) is 25.7. The van der Waals surface area contributed by atoms with Crippen LogP contribution in [0, 0.1) is 12.8 Å². The van der Waals surface area contributed by atoms with Gasteiger partial charge in [0.25, 0.3) is 11.8 Å². The van der Waals surface area contributed by atoms with Gasteiger partial charge in [-0.25, -0.2) is 4.79 Å². The summed E-state index contributed by atoms with van der Waals surface area (Å²) >= 11 is 0. The van der Waals surface area contributed by atoms with E-state index in [0.717, 1.165) is 67.6 Å². The van der Waals surface area contributed by atoms with Gasteiger partial charge >= 0.3 is 6.03 Å². The lowest BCUT2D eigenvalue weighted by Gasteiger charge is -2.28. The van der Waals surface area contributed by atoms with Crippen LogP contribution in [0.25, 0.3) is 21.8 Å². The fourth-order valence-electron chi connectivity index (χ4n) is 8.93. The summed E-state index contributed by atoms with van der Waals surface area (Å²) < 4.78 is 0. The molecule has 2 atom stereocenters. The number of hydrogen-bond donors (Lipinski definition) is 4. The Balaban J connectivity index is 0.962. The van der Waals surface area contributed by atoms with Crippen molar-refractivity contribution >= 4 is 56.8 Å². The number of carbonyl (C=O) groups excluding carboxylic acids is 4. The number of nitrogens with zero attached hydrogens (tertiary/aromatic N) is 3. The van der Waals surface area contributed by atoms with E-state index in [4.69, 9.17) is 5.73 Å². The molecule has 2 aliphatic carbocycles. The number of amides is 4. The Kier molecular flexibility index (Phi) is 4.67. The number of ketones is 1. The van der Waals surface area contributed by atoms with Gasteiger partial charge < -0.3 is 30.5 Å². The molecule has 3 aliphatic heterocycles. The smallest absolute Gasteiger partial charge is 0.319 e. The Bertz CT molecular complexity index is 2320. The topological polar surface area (TPSA) is 151 Å². The van der Waals surface area contributed by atoms with E-state index in [1.54, 1.807) is 20.8 Å². The van der Waals surface area contributed by atoms with Gasteiger partial charge in [-0.15, -0.1) is 0 Å². The van der Waals surface area contributed by atoms with Crippen LogP contribution < -0.4 is 15.5 Å². The highest BCUT2D eigenvalue weighted by molar-refractivity contribution is 6.12. The van der Waals surface area contributed by atoms with E-state index in [2.05, 4.69) is 15.0 Å². The number of H-pyrrole nitrogens is 3. The number of aromatic amines is 3. The SMILES string of the molecule is Cc1c[nH]c2c1[C@@]13C[C@@H]1CN(C(=O)c1cc4c5c(ccc4[nH]1)N(C(=O)c1cc4c6c(ccc4[nH]1)N(C(N)=O)CC6)CC5)C3=CC2=O. The highest BCUT2D eigenvalue weighted by atomic mass is 16.2.